The van der Waals surface area contributed by atoms with Gasteiger partial charge in [0.2, 0.25) is 0 Å². The van der Waals surface area contributed by atoms with Crippen molar-refractivity contribution in [1.29, 1.82) is 0 Å². The minimum Gasteiger partial charge on any atom is -0.459 e. The summed E-state index contributed by atoms with van der Waals surface area (Å²) in [5.74, 6) is 0. The predicted octanol–water partition coefficient (Wildman–Crippen LogP) is 15.2. The molecule has 2 heterocycles. The predicted molar refractivity (Wildman–Crippen MR) is 235 cm³/mol. The van der Waals surface area contributed by atoms with Crippen LogP contribution < -0.4 is 4.74 Å². The number of halogens is 7. The Kier molecular flexibility index (Phi) is 14.5. The van der Waals surface area contributed by atoms with Gasteiger partial charge in [0.15, 0.2) is 5.16 Å². The maximum absolute atomic E-state index is 6.62. The van der Waals surface area contributed by atoms with Crippen molar-refractivity contribution in [3.8, 4) is 50.8 Å². The summed E-state index contributed by atoms with van der Waals surface area (Å²) in [6.45, 7) is 0.246. The third-order valence-electron chi connectivity index (χ3n) is 8.00. The quantitative estimate of drug-likeness (QED) is 0.106. The van der Waals surface area contributed by atoms with E-state index in [4.69, 9.17) is 90.9 Å². The Morgan fingerprint density at radius 1 is 0.491 bits per heavy atom. The standard InChI is InChI=1S/C24H16Cl4N2OS.C17H11Cl3N2S/c1-32-17-7-8-18(21(27)11-17)23-19(15-3-5-16(25)6-4-15)12-29-24(30-23)31-13-14-2-9-20(26)22(28)10-14;1-23-17-21-9-14(10-2-4-11(18)5-3-10)16(22-17)13-7-6-12(19)8-15(13)20/h2-12H,13H2,1H3;2-9H,1H3. The van der Waals surface area contributed by atoms with Gasteiger partial charge in [-0.1, -0.05) is 129 Å². The van der Waals surface area contributed by atoms with E-state index in [1.165, 1.54) is 11.8 Å². The molecule has 0 radical (unpaired) electrons. The molecule has 0 spiro atoms. The molecule has 14 heteroatoms. The van der Waals surface area contributed by atoms with Crippen molar-refractivity contribution >= 4 is 105 Å². The molecular weight excluding hydrogens is 877 g/mol. The first-order chi connectivity index (χ1) is 26.5. The van der Waals surface area contributed by atoms with Crippen LogP contribution in [0.5, 0.6) is 6.01 Å². The molecule has 0 atom stereocenters. The lowest BCUT2D eigenvalue weighted by Crippen LogP contribution is -2.02. The zero-order valence-electron chi connectivity index (χ0n) is 28.8. The summed E-state index contributed by atoms with van der Waals surface area (Å²) in [5.41, 5.74) is 7.51. The summed E-state index contributed by atoms with van der Waals surface area (Å²) >= 11 is 46.2. The molecule has 0 fully saturated rings. The van der Waals surface area contributed by atoms with E-state index >= 15 is 0 Å². The summed E-state index contributed by atoms with van der Waals surface area (Å²) < 4.78 is 5.85. The molecule has 0 N–H and O–H groups in total. The third-order valence-corrected chi connectivity index (χ3v) is 11.4. The van der Waals surface area contributed by atoms with Crippen LogP contribution in [0.25, 0.3) is 44.8 Å². The molecule has 0 saturated carbocycles. The summed E-state index contributed by atoms with van der Waals surface area (Å²) in [6.07, 6.45) is 7.48. The highest BCUT2D eigenvalue weighted by Gasteiger charge is 2.17. The van der Waals surface area contributed by atoms with Gasteiger partial charge in [0.05, 0.1) is 31.5 Å². The van der Waals surface area contributed by atoms with E-state index in [0.717, 1.165) is 49.5 Å². The fourth-order valence-electron chi connectivity index (χ4n) is 5.26. The molecule has 278 valence electrons. The zero-order chi connectivity index (χ0) is 39.1. The molecule has 0 amide bonds. The molecule has 0 saturated heterocycles. The highest BCUT2D eigenvalue weighted by atomic mass is 35.5. The van der Waals surface area contributed by atoms with E-state index in [-0.39, 0.29) is 12.6 Å². The van der Waals surface area contributed by atoms with Crippen LogP contribution in [0.1, 0.15) is 5.56 Å². The smallest absolute Gasteiger partial charge is 0.317 e. The number of rotatable bonds is 9. The average molecular weight is 904 g/mol. The minimum absolute atomic E-state index is 0.230. The van der Waals surface area contributed by atoms with Crippen molar-refractivity contribution in [3.05, 3.63) is 156 Å². The summed E-state index contributed by atoms with van der Waals surface area (Å²) in [6, 6.07) is 31.9. The molecule has 5 nitrogen and oxygen atoms in total. The van der Waals surface area contributed by atoms with Gasteiger partial charge in [0, 0.05) is 54.6 Å². The highest BCUT2D eigenvalue weighted by molar-refractivity contribution is 7.98. The van der Waals surface area contributed by atoms with Crippen LogP contribution in [0.15, 0.2) is 126 Å². The molecule has 7 rings (SSSR count). The van der Waals surface area contributed by atoms with Crippen LogP contribution in [0.2, 0.25) is 35.2 Å². The van der Waals surface area contributed by atoms with Crippen molar-refractivity contribution in [2.45, 2.75) is 16.7 Å². The van der Waals surface area contributed by atoms with Crippen LogP contribution in [-0.4, -0.2) is 32.4 Å². The lowest BCUT2D eigenvalue weighted by molar-refractivity contribution is 0.281. The Morgan fingerprint density at radius 2 is 1.05 bits per heavy atom. The largest absolute Gasteiger partial charge is 0.459 e. The fraction of sp³-hybridized carbons (Fsp3) is 0.0732. The summed E-state index contributed by atoms with van der Waals surface area (Å²) in [5, 5.41) is 4.72. The molecule has 2 aromatic heterocycles. The van der Waals surface area contributed by atoms with E-state index < -0.39 is 0 Å². The first kappa shape index (κ1) is 41.4. The van der Waals surface area contributed by atoms with Crippen molar-refractivity contribution in [2.75, 3.05) is 12.5 Å². The van der Waals surface area contributed by atoms with Gasteiger partial charge in [-0.3, -0.25) is 0 Å². The minimum atomic E-state index is 0.230. The van der Waals surface area contributed by atoms with Gasteiger partial charge in [-0.2, -0.15) is 4.98 Å². The SMILES string of the molecule is CSc1ccc(-c2nc(OCc3ccc(Cl)c(Cl)c3)ncc2-c2ccc(Cl)cc2)c(Cl)c1.CSc1ncc(-c2ccc(Cl)cc2)c(-c2ccc(Cl)cc2Cl)n1. The number of hydrogen-bond donors (Lipinski definition) is 0. The lowest BCUT2D eigenvalue weighted by atomic mass is 10.0. The van der Waals surface area contributed by atoms with E-state index in [1.54, 1.807) is 42.2 Å². The molecule has 0 unspecified atom stereocenters. The Morgan fingerprint density at radius 3 is 1.62 bits per heavy atom. The van der Waals surface area contributed by atoms with Gasteiger partial charge in [-0.25, -0.2) is 15.0 Å². The third kappa shape index (κ3) is 10.6. The molecule has 7 aromatic rings. The second-order valence-corrected chi connectivity index (χ2v) is 16.1. The lowest BCUT2D eigenvalue weighted by Gasteiger charge is -2.13. The molecular formula is C41H27Cl7N4OS2. The van der Waals surface area contributed by atoms with E-state index in [1.807, 2.05) is 97.6 Å². The number of thioether (sulfide) groups is 2. The van der Waals surface area contributed by atoms with Crippen molar-refractivity contribution in [2.24, 2.45) is 0 Å². The number of nitrogens with zero attached hydrogens (tertiary/aromatic N) is 4. The Bertz CT molecular complexity index is 2450. The molecule has 0 bridgehead atoms. The van der Waals surface area contributed by atoms with Crippen molar-refractivity contribution in [1.82, 2.24) is 19.9 Å². The summed E-state index contributed by atoms with van der Waals surface area (Å²) in [4.78, 5) is 19.2. The molecule has 0 aliphatic carbocycles. The zero-order valence-corrected chi connectivity index (χ0v) is 35.8. The maximum Gasteiger partial charge on any atom is 0.317 e. The number of aromatic nitrogens is 4. The molecule has 5 aromatic carbocycles. The first-order valence-electron chi connectivity index (χ1n) is 16.2. The van der Waals surface area contributed by atoms with Gasteiger partial charge in [0.25, 0.3) is 0 Å². The molecule has 0 aliphatic heterocycles. The monoisotopic (exact) mass is 900 g/mol. The van der Waals surface area contributed by atoms with Crippen molar-refractivity contribution in [3.63, 3.8) is 0 Å². The van der Waals surface area contributed by atoms with Gasteiger partial charge >= 0.3 is 6.01 Å². The maximum atomic E-state index is 6.62. The Labute approximate surface area is 362 Å². The number of hydrogen-bond acceptors (Lipinski definition) is 7. The second-order valence-electron chi connectivity index (χ2n) is 11.6. The van der Waals surface area contributed by atoms with Crippen molar-refractivity contribution < 1.29 is 4.74 Å². The normalized spacial score (nSPS) is 10.9. The Balaban J connectivity index is 0.000000197. The van der Waals surface area contributed by atoms with E-state index in [2.05, 4.69) is 15.0 Å². The average Bonchev–Trinajstić information content (AvgIpc) is 3.19. The van der Waals surface area contributed by atoms with Gasteiger partial charge in [-0.15, -0.1) is 11.8 Å². The molecule has 55 heavy (non-hydrogen) atoms. The van der Waals surface area contributed by atoms with Crippen LogP contribution in [-0.2, 0) is 6.61 Å². The second kappa shape index (κ2) is 19.3. The van der Waals surface area contributed by atoms with Gasteiger partial charge in [-0.05, 0) is 95.9 Å². The van der Waals surface area contributed by atoms with E-state index in [0.29, 0.717) is 46.0 Å². The van der Waals surface area contributed by atoms with Crippen LogP contribution in [0.3, 0.4) is 0 Å². The van der Waals surface area contributed by atoms with Crippen LogP contribution >= 0.6 is 105 Å². The summed E-state index contributed by atoms with van der Waals surface area (Å²) in [7, 11) is 0. The van der Waals surface area contributed by atoms with E-state index in [9.17, 15) is 0 Å². The number of benzene rings is 5. The van der Waals surface area contributed by atoms with Crippen LogP contribution in [0, 0.1) is 0 Å². The molecule has 0 aliphatic rings. The highest BCUT2D eigenvalue weighted by Crippen LogP contribution is 2.39. The first-order valence-corrected chi connectivity index (χ1v) is 21.3. The fourth-order valence-corrected chi connectivity index (χ4v) is 7.45. The number of ether oxygens (including phenoxy) is 1. The van der Waals surface area contributed by atoms with Gasteiger partial charge in [0.1, 0.15) is 6.61 Å². The van der Waals surface area contributed by atoms with Crippen LogP contribution in [0.4, 0.5) is 0 Å². The Hall–Kier alpha value is -3.21. The van der Waals surface area contributed by atoms with Gasteiger partial charge < -0.3 is 4.74 Å². The topological polar surface area (TPSA) is 60.8 Å².